The van der Waals surface area contributed by atoms with E-state index in [0.29, 0.717) is 48.6 Å². The summed E-state index contributed by atoms with van der Waals surface area (Å²) < 4.78 is 22.7. The van der Waals surface area contributed by atoms with Crippen LogP contribution in [0.5, 0.6) is 28.7 Å². The summed E-state index contributed by atoms with van der Waals surface area (Å²) in [4.78, 5) is 51.4. The van der Waals surface area contributed by atoms with E-state index in [0.717, 1.165) is 33.4 Å². The fourth-order valence-electron chi connectivity index (χ4n) is 7.80. The number of benzene rings is 4. The first kappa shape index (κ1) is 32.8. The van der Waals surface area contributed by atoms with E-state index in [9.17, 15) is 24.3 Å². The molecule has 0 fully saturated rings. The molecule has 4 aliphatic rings. The van der Waals surface area contributed by atoms with E-state index < -0.39 is 29.3 Å². The maximum atomic E-state index is 12.6. The van der Waals surface area contributed by atoms with Crippen molar-refractivity contribution < 1.29 is 43.2 Å². The van der Waals surface area contributed by atoms with E-state index in [4.69, 9.17) is 18.9 Å². The number of phenolic OH excluding ortho intramolecular Hbond substituents is 1. The van der Waals surface area contributed by atoms with Crippen molar-refractivity contribution in [3.8, 4) is 39.9 Å². The van der Waals surface area contributed by atoms with Crippen LogP contribution in [0.15, 0.2) is 78.9 Å². The zero-order valence-corrected chi connectivity index (χ0v) is 28.1. The molecule has 4 bridgehead atoms. The van der Waals surface area contributed by atoms with Crippen LogP contribution in [0.1, 0.15) is 55.5 Å². The van der Waals surface area contributed by atoms with Gasteiger partial charge in [0, 0.05) is 64.0 Å². The second-order valence-corrected chi connectivity index (χ2v) is 12.9. The molecule has 10 nitrogen and oxygen atoms in total. The van der Waals surface area contributed by atoms with Gasteiger partial charge in [-0.3, -0.25) is 24.1 Å². The molecule has 3 heterocycles. The van der Waals surface area contributed by atoms with Gasteiger partial charge in [0.2, 0.25) is 0 Å². The van der Waals surface area contributed by atoms with Crippen molar-refractivity contribution in [1.29, 1.82) is 0 Å². The summed E-state index contributed by atoms with van der Waals surface area (Å²) in [5, 5.41) is 10.9. The molecule has 254 valence electrons. The van der Waals surface area contributed by atoms with Gasteiger partial charge in [0.1, 0.15) is 28.7 Å². The quantitative estimate of drug-likeness (QED) is 0.201. The summed E-state index contributed by atoms with van der Waals surface area (Å²) in [5.41, 5.74) is 5.37. The second kappa shape index (κ2) is 12.6. The highest BCUT2D eigenvalue weighted by Crippen LogP contribution is 2.56. The molecule has 4 aromatic rings. The van der Waals surface area contributed by atoms with Crippen LogP contribution in [0.3, 0.4) is 0 Å². The lowest BCUT2D eigenvalue weighted by Gasteiger charge is -2.46. The Morgan fingerprint density at radius 2 is 1.42 bits per heavy atom. The van der Waals surface area contributed by atoms with Crippen LogP contribution in [0, 0.1) is 0 Å². The monoisotopic (exact) mass is 673 g/mol. The van der Waals surface area contributed by atoms with Crippen molar-refractivity contribution >= 4 is 29.5 Å². The third kappa shape index (κ3) is 5.92. The maximum Gasteiger partial charge on any atom is 0.308 e. The highest BCUT2D eigenvalue weighted by molar-refractivity contribution is 5.89. The van der Waals surface area contributed by atoms with Gasteiger partial charge in [0.15, 0.2) is 0 Å². The maximum absolute atomic E-state index is 12.6. The van der Waals surface area contributed by atoms with Gasteiger partial charge in [-0.15, -0.1) is 0 Å². The molecular formula is C40H35NO9. The normalized spacial score (nSPS) is 19.9. The molecule has 3 atom stereocenters. The van der Waals surface area contributed by atoms with Crippen LogP contribution < -0.4 is 18.9 Å². The number of carbonyl (C=O) groups excluding carboxylic acids is 4. The number of ether oxygens (including phenoxy) is 4. The summed E-state index contributed by atoms with van der Waals surface area (Å²) in [6.45, 7) is 6.43. The van der Waals surface area contributed by atoms with Crippen molar-refractivity contribution in [2.75, 3.05) is 13.1 Å². The minimum absolute atomic E-state index is 0.0701. The zero-order chi connectivity index (χ0) is 35.3. The van der Waals surface area contributed by atoms with Gasteiger partial charge in [0.05, 0.1) is 5.41 Å². The lowest BCUT2D eigenvalue weighted by atomic mass is 9.68. The summed E-state index contributed by atoms with van der Waals surface area (Å²) >= 11 is 0. The molecule has 0 aromatic heterocycles. The molecule has 0 saturated carbocycles. The average molecular weight is 674 g/mol. The third-order valence-corrected chi connectivity index (χ3v) is 9.44. The molecule has 0 amide bonds. The van der Waals surface area contributed by atoms with Crippen molar-refractivity contribution in [3.63, 3.8) is 0 Å². The fourth-order valence-corrected chi connectivity index (χ4v) is 7.80. The van der Waals surface area contributed by atoms with Gasteiger partial charge in [-0.25, -0.2) is 0 Å². The first-order valence-corrected chi connectivity index (χ1v) is 16.4. The first-order chi connectivity index (χ1) is 23.9. The number of esters is 4. The minimum atomic E-state index is -0.974. The molecule has 1 unspecified atom stereocenters. The minimum Gasteiger partial charge on any atom is -0.508 e. The second-order valence-electron chi connectivity index (χ2n) is 12.9. The molecule has 3 aliphatic heterocycles. The Balaban J connectivity index is 1.57. The molecule has 0 spiro atoms. The number of nitrogens with zero attached hydrogens (tertiary/aromatic N) is 1. The Morgan fingerprint density at radius 1 is 0.720 bits per heavy atom. The standard InChI is InChI=1S/C40H35NO9/c1-22(42)47-31-9-11-33-34-10-8-26(14-36(34)49-24(3)44)12-13-41-21-28(35(33)18-31)20-40(29-6-5-7-30(46)17-29)38(41)16-27-15-32(48-23(2)43)19-37(39(27)40)50-25(4)45/h5-11,14-15,17-20,38,46H,12-13,16,21H2,1-4H3/t38-,40+/m0/s1. The third-order valence-electron chi connectivity index (χ3n) is 9.44. The van der Waals surface area contributed by atoms with E-state index in [1.54, 1.807) is 30.3 Å². The Labute approximate surface area is 288 Å². The summed E-state index contributed by atoms with van der Waals surface area (Å²) in [6.07, 6.45) is 3.28. The molecular weight excluding hydrogens is 638 g/mol. The molecule has 1 N–H and O–H groups in total. The highest BCUT2D eigenvalue weighted by Gasteiger charge is 2.54. The van der Waals surface area contributed by atoms with Crippen LogP contribution in [-0.2, 0) is 37.4 Å². The Bertz CT molecular complexity index is 2130. The van der Waals surface area contributed by atoms with Gasteiger partial charge in [0.25, 0.3) is 0 Å². The molecule has 10 heteroatoms. The van der Waals surface area contributed by atoms with Crippen LogP contribution in [0.2, 0.25) is 0 Å². The van der Waals surface area contributed by atoms with E-state index in [1.807, 2.05) is 42.5 Å². The largest absolute Gasteiger partial charge is 0.508 e. The Morgan fingerprint density at radius 3 is 2.14 bits per heavy atom. The van der Waals surface area contributed by atoms with Gasteiger partial charge in [-0.2, -0.15) is 0 Å². The van der Waals surface area contributed by atoms with E-state index in [-0.39, 0.29) is 23.3 Å². The van der Waals surface area contributed by atoms with Crippen LogP contribution in [0.4, 0.5) is 0 Å². The number of rotatable bonds is 5. The Hall–Kier alpha value is -5.74. The van der Waals surface area contributed by atoms with Gasteiger partial charge < -0.3 is 24.1 Å². The van der Waals surface area contributed by atoms with E-state index in [2.05, 4.69) is 11.0 Å². The van der Waals surface area contributed by atoms with Crippen molar-refractivity contribution in [1.82, 2.24) is 4.90 Å². The smallest absolute Gasteiger partial charge is 0.308 e. The number of phenols is 1. The van der Waals surface area contributed by atoms with Crippen molar-refractivity contribution in [3.05, 3.63) is 107 Å². The molecule has 4 aromatic carbocycles. The SMILES string of the molecule is CC(=O)Oc1cc2c(c(OC(C)=O)c1)[C@@]1(c3cccc(O)c3)C=C3CN(CCc4ccc(c(OC(C)=O)c4)-c4ccc(OC(C)=O)cc43)[C@H]1C2. The summed E-state index contributed by atoms with van der Waals surface area (Å²) in [5.74, 6) is -0.619. The lowest BCUT2D eigenvalue weighted by Crippen LogP contribution is -2.52. The van der Waals surface area contributed by atoms with Gasteiger partial charge in [-0.05, 0) is 88.7 Å². The van der Waals surface area contributed by atoms with Gasteiger partial charge in [-0.1, -0.05) is 30.3 Å². The number of fused-ring (bicyclic) bond motifs is 6. The topological polar surface area (TPSA) is 129 Å². The molecule has 50 heavy (non-hydrogen) atoms. The summed E-state index contributed by atoms with van der Waals surface area (Å²) in [7, 11) is 0. The number of aromatic hydroxyl groups is 1. The molecule has 0 radical (unpaired) electrons. The highest BCUT2D eigenvalue weighted by atomic mass is 16.5. The van der Waals surface area contributed by atoms with Crippen molar-refractivity contribution in [2.45, 2.75) is 52.0 Å². The van der Waals surface area contributed by atoms with Crippen LogP contribution in [0.25, 0.3) is 16.7 Å². The predicted molar refractivity (Wildman–Crippen MR) is 183 cm³/mol. The van der Waals surface area contributed by atoms with E-state index in [1.165, 1.54) is 27.7 Å². The lowest BCUT2D eigenvalue weighted by molar-refractivity contribution is -0.133. The van der Waals surface area contributed by atoms with Crippen LogP contribution in [-0.4, -0.2) is 53.0 Å². The number of carbonyl (C=O) groups is 4. The van der Waals surface area contributed by atoms with E-state index >= 15 is 0 Å². The predicted octanol–water partition coefficient (Wildman–Crippen LogP) is 5.93. The molecule has 0 saturated heterocycles. The zero-order valence-electron chi connectivity index (χ0n) is 28.1. The van der Waals surface area contributed by atoms with Gasteiger partial charge >= 0.3 is 23.9 Å². The Kier molecular flexibility index (Phi) is 8.27. The molecule has 1 aliphatic carbocycles. The van der Waals surface area contributed by atoms with Crippen LogP contribution >= 0.6 is 0 Å². The van der Waals surface area contributed by atoms with Crippen molar-refractivity contribution in [2.24, 2.45) is 0 Å². The number of hydrogen-bond acceptors (Lipinski definition) is 10. The summed E-state index contributed by atoms with van der Waals surface area (Å²) in [6, 6.07) is 21.4. The first-order valence-electron chi connectivity index (χ1n) is 16.4. The fraction of sp³-hybridized carbons (Fsp3) is 0.250. The average Bonchev–Trinajstić information content (AvgIpc) is 3.37. The number of hydrogen-bond donors (Lipinski definition) is 1. The molecule has 8 rings (SSSR count).